The molecule has 1 unspecified atom stereocenters. The van der Waals surface area contributed by atoms with Gasteiger partial charge >= 0.3 is 0 Å². The first-order chi connectivity index (χ1) is 13.1. The summed E-state index contributed by atoms with van der Waals surface area (Å²) in [5, 5.41) is 13.4. The Morgan fingerprint density at radius 2 is 1.96 bits per heavy atom. The van der Waals surface area contributed by atoms with E-state index in [1.807, 2.05) is 22.5 Å². The van der Waals surface area contributed by atoms with Gasteiger partial charge in [-0.2, -0.15) is 4.52 Å². The highest BCUT2D eigenvalue weighted by Gasteiger charge is 2.34. The molecule has 2 saturated heterocycles. The fraction of sp³-hybridized carbons (Fsp3) is 0.684. The largest absolute Gasteiger partial charge is 0.352 e. The average molecular weight is 369 g/mol. The van der Waals surface area contributed by atoms with Gasteiger partial charge in [0, 0.05) is 51.6 Å². The van der Waals surface area contributed by atoms with Crippen LogP contribution in [-0.2, 0) is 4.79 Å². The number of likely N-dealkylation sites (N-methyl/N-ethyl adjacent to an activating group) is 1. The van der Waals surface area contributed by atoms with Crippen molar-refractivity contribution < 1.29 is 4.79 Å². The minimum Gasteiger partial charge on any atom is -0.352 e. The molecular weight excluding hydrogens is 342 g/mol. The van der Waals surface area contributed by atoms with Crippen LogP contribution in [-0.4, -0.2) is 81.8 Å². The van der Waals surface area contributed by atoms with E-state index in [0.29, 0.717) is 24.3 Å². The lowest BCUT2D eigenvalue weighted by Gasteiger charge is -2.46. The van der Waals surface area contributed by atoms with Gasteiger partial charge in [-0.15, -0.1) is 15.3 Å². The Balaban J connectivity index is 1.19. The van der Waals surface area contributed by atoms with Crippen LogP contribution >= 0.6 is 0 Å². The third kappa shape index (κ3) is 3.16. The highest BCUT2D eigenvalue weighted by atomic mass is 16.2. The normalized spacial score (nSPS) is 24.1. The van der Waals surface area contributed by atoms with Crippen LogP contribution in [0.3, 0.4) is 0 Å². The maximum Gasteiger partial charge on any atom is 0.222 e. The summed E-state index contributed by atoms with van der Waals surface area (Å²) in [6.07, 6.45) is 4.11. The van der Waals surface area contributed by atoms with Crippen LogP contribution in [0, 0.1) is 5.92 Å². The zero-order chi connectivity index (χ0) is 18.5. The number of hydrogen-bond acceptors (Lipinski definition) is 6. The molecule has 3 aliphatic rings. The Labute approximate surface area is 159 Å². The van der Waals surface area contributed by atoms with Crippen molar-refractivity contribution in [2.24, 2.45) is 5.92 Å². The van der Waals surface area contributed by atoms with E-state index in [1.54, 1.807) is 0 Å². The molecule has 1 aliphatic carbocycles. The second-order valence-electron chi connectivity index (χ2n) is 8.47. The summed E-state index contributed by atoms with van der Waals surface area (Å²) in [7, 11) is 4.13. The van der Waals surface area contributed by atoms with E-state index in [4.69, 9.17) is 5.10 Å². The molecule has 144 valence electrons. The van der Waals surface area contributed by atoms with Crippen LogP contribution in [0.5, 0.6) is 0 Å². The van der Waals surface area contributed by atoms with E-state index in [-0.39, 0.29) is 5.91 Å². The van der Waals surface area contributed by atoms with Gasteiger partial charge in [-0.25, -0.2) is 0 Å². The van der Waals surface area contributed by atoms with E-state index in [0.717, 1.165) is 49.9 Å². The van der Waals surface area contributed by atoms with E-state index >= 15 is 0 Å². The van der Waals surface area contributed by atoms with Gasteiger partial charge in [0.15, 0.2) is 11.5 Å². The maximum absolute atomic E-state index is 11.7. The Morgan fingerprint density at radius 1 is 1.15 bits per heavy atom. The molecule has 0 bridgehead atoms. The molecule has 3 fully saturated rings. The highest BCUT2D eigenvalue weighted by molar-refractivity contribution is 5.76. The Morgan fingerprint density at radius 3 is 2.70 bits per heavy atom. The van der Waals surface area contributed by atoms with Crippen LogP contribution in [0.1, 0.15) is 37.4 Å². The molecular formula is C19H27N7O. The molecule has 8 heteroatoms. The SMILES string of the molecule is CN1CC(CN(C)C2CN(c3ccc4nnc(C5CC5)n4n3)C2)CCC1=O. The smallest absolute Gasteiger partial charge is 0.222 e. The molecule has 5 rings (SSSR count). The van der Waals surface area contributed by atoms with E-state index in [2.05, 4.69) is 33.1 Å². The van der Waals surface area contributed by atoms with Crippen molar-refractivity contribution in [2.75, 3.05) is 45.2 Å². The van der Waals surface area contributed by atoms with Crippen LogP contribution < -0.4 is 4.90 Å². The molecule has 2 aromatic heterocycles. The molecule has 0 radical (unpaired) electrons. The number of nitrogens with zero attached hydrogens (tertiary/aromatic N) is 7. The quantitative estimate of drug-likeness (QED) is 0.783. The van der Waals surface area contributed by atoms with E-state index in [9.17, 15) is 4.79 Å². The lowest BCUT2D eigenvalue weighted by Crippen LogP contribution is -2.60. The second kappa shape index (κ2) is 6.44. The number of piperidine rings is 1. The molecule has 1 saturated carbocycles. The number of anilines is 1. The molecule has 0 spiro atoms. The molecule has 1 amide bonds. The molecule has 27 heavy (non-hydrogen) atoms. The number of fused-ring (bicyclic) bond motifs is 1. The summed E-state index contributed by atoms with van der Waals surface area (Å²) in [6.45, 7) is 3.93. The first-order valence-corrected chi connectivity index (χ1v) is 10.00. The number of aromatic nitrogens is 4. The van der Waals surface area contributed by atoms with E-state index in [1.165, 1.54) is 12.8 Å². The molecule has 2 aromatic rings. The minimum absolute atomic E-state index is 0.282. The van der Waals surface area contributed by atoms with Crippen molar-refractivity contribution in [1.29, 1.82) is 0 Å². The van der Waals surface area contributed by atoms with Crippen LogP contribution in [0.15, 0.2) is 12.1 Å². The number of amides is 1. The Kier molecular flexibility index (Phi) is 4.03. The van der Waals surface area contributed by atoms with Gasteiger partial charge in [-0.1, -0.05) is 0 Å². The first-order valence-electron chi connectivity index (χ1n) is 10.00. The zero-order valence-corrected chi connectivity index (χ0v) is 16.1. The number of rotatable bonds is 5. The van der Waals surface area contributed by atoms with Crippen molar-refractivity contribution in [3.05, 3.63) is 18.0 Å². The predicted octanol–water partition coefficient (Wildman–Crippen LogP) is 0.990. The van der Waals surface area contributed by atoms with Crippen molar-refractivity contribution in [2.45, 2.75) is 37.6 Å². The van der Waals surface area contributed by atoms with Gasteiger partial charge in [-0.05, 0) is 44.4 Å². The molecule has 8 nitrogen and oxygen atoms in total. The van der Waals surface area contributed by atoms with Gasteiger partial charge in [0.2, 0.25) is 5.91 Å². The first kappa shape index (κ1) is 16.9. The molecule has 2 aliphatic heterocycles. The van der Waals surface area contributed by atoms with Crippen molar-refractivity contribution >= 4 is 17.4 Å². The van der Waals surface area contributed by atoms with E-state index < -0.39 is 0 Å². The standard InChI is InChI=1S/C19H27N7O/c1-23(9-13-3-8-18(27)24(2)10-13)15-11-25(12-15)17-7-6-16-20-21-19(14-4-5-14)26(16)22-17/h6-7,13-15H,3-5,8-12H2,1-2H3. The molecule has 0 aromatic carbocycles. The molecule has 1 atom stereocenters. The summed E-state index contributed by atoms with van der Waals surface area (Å²) in [4.78, 5) is 18.3. The lowest BCUT2D eigenvalue weighted by molar-refractivity contribution is -0.133. The van der Waals surface area contributed by atoms with Gasteiger partial charge in [0.25, 0.3) is 0 Å². The average Bonchev–Trinajstić information content (AvgIpc) is 3.36. The van der Waals surface area contributed by atoms with Crippen molar-refractivity contribution in [3.63, 3.8) is 0 Å². The van der Waals surface area contributed by atoms with Gasteiger partial charge < -0.3 is 9.80 Å². The van der Waals surface area contributed by atoms with Crippen molar-refractivity contribution in [1.82, 2.24) is 29.6 Å². The maximum atomic E-state index is 11.7. The van der Waals surface area contributed by atoms with Crippen LogP contribution in [0.4, 0.5) is 5.82 Å². The summed E-state index contributed by atoms with van der Waals surface area (Å²) in [6, 6.07) is 4.63. The predicted molar refractivity (Wildman–Crippen MR) is 102 cm³/mol. The number of carbonyl (C=O) groups is 1. The Bertz CT molecular complexity index is 855. The fourth-order valence-electron chi connectivity index (χ4n) is 4.29. The monoisotopic (exact) mass is 369 g/mol. The highest BCUT2D eigenvalue weighted by Crippen LogP contribution is 2.38. The zero-order valence-electron chi connectivity index (χ0n) is 16.1. The minimum atomic E-state index is 0.282. The van der Waals surface area contributed by atoms with Gasteiger partial charge in [0.1, 0.15) is 5.82 Å². The number of carbonyl (C=O) groups excluding carboxylic acids is 1. The van der Waals surface area contributed by atoms with Gasteiger partial charge in [0.05, 0.1) is 0 Å². The molecule has 0 N–H and O–H groups in total. The fourth-order valence-corrected chi connectivity index (χ4v) is 4.29. The summed E-state index contributed by atoms with van der Waals surface area (Å²) in [5.74, 6) is 3.43. The Hall–Kier alpha value is -2.22. The third-order valence-electron chi connectivity index (χ3n) is 6.30. The summed E-state index contributed by atoms with van der Waals surface area (Å²) < 4.78 is 1.93. The van der Waals surface area contributed by atoms with Crippen LogP contribution in [0.2, 0.25) is 0 Å². The van der Waals surface area contributed by atoms with Crippen LogP contribution in [0.25, 0.3) is 5.65 Å². The number of likely N-dealkylation sites (tertiary alicyclic amines) is 1. The van der Waals surface area contributed by atoms with Crippen molar-refractivity contribution in [3.8, 4) is 0 Å². The lowest BCUT2D eigenvalue weighted by atomic mass is 9.96. The summed E-state index contributed by atoms with van der Waals surface area (Å²) in [5.41, 5.74) is 0.839. The van der Waals surface area contributed by atoms with Gasteiger partial charge in [-0.3, -0.25) is 9.69 Å². The second-order valence-corrected chi connectivity index (χ2v) is 8.47. The summed E-state index contributed by atoms with van der Waals surface area (Å²) >= 11 is 0. The molecule has 4 heterocycles. The third-order valence-corrected chi connectivity index (χ3v) is 6.30. The topological polar surface area (TPSA) is 69.9 Å². The number of hydrogen-bond donors (Lipinski definition) is 0.